The van der Waals surface area contributed by atoms with Gasteiger partial charge in [0.05, 0.1) is 0 Å². The molecule has 2 rings (SSSR count). The van der Waals surface area contributed by atoms with Crippen LogP contribution < -0.4 is 5.32 Å². The molecule has 0 aromatic heterocycles. The smallest absolute Gasteiger partial charge is 0.245 e. The molecule has 1 saturated carbocycles. The maximum Gasteiger partial charge on any atom is 0.245 e. The SMILES string of the molecule is CCC1NC(=O)C(C2CCCCC2)N(CCCOC)C1=O. The highest BCUT2D eigenvalue weighted by Crippen LogP contribution is 2.31. The van der Waals surface area contributed by atoms with Gasteiger partial charge in [0.2, 0.25) is 11.8 Å². The molecule has 21 heavy (non-hydrogen) atoms. The van der Waals surface area contributed by atoms with Crippen LogP contribution >= 0.6 is 0 Å². The predicted octanol–water partition coefficient (Wildman–Crippen LogP) is 1.71. The Bertz CT molecular complexity index is 367. The van der Waals surface area contributed by atoms with Gasteiger partial charge in [0.25, 0.3) is 0 Å². The van der Waals surface area contributed by atoms with Crippen molar-refractivity contribution in [3.8, 4) is 0 Å². The molecule has 5 nitrogen and oxygen atoms in total. The molecule has 5 heteroatoms. The molecule has 0 aromatic carbocycles. The van der Waals surface area contributed by atoms with E-state index in [4.69, 9.17) is 4.74 Å². The van der Waals surface area contributed by atoms with Gasteiger partial charge < -0.3 is 15.0 Å². The number of methoxy groups -OCH3 is 1. The molecule has 0 bridgehead atoms. The van der Waals surface area contributed by atoms with Crippen LogP contribution in [0.15, 0.2) is 0 Å². The van der Waals surface area contributed by atoms with Gasteiger partial charge in [-0.1, -0.05) is 26.2 Å². The number of ether oxygens (including phenoxy) is 1. The van der Waals surface area contributed by atoms with Gasteiger partial charge in [-0.3, -0.25) is 9.59 Å². The maximum absolute atomic E-state index is 12.6. The minimum absolute atomic E-state index is 0.0470. The van der Waals surface area contributed by atoms with Crippen molar-refractivity contribution in [2.45, 2.75) is 64.0 Å². The van der Waals surface area contributed by atoms with E-state index in [0.717, 1.165) is 19.3 Å². The fourth-order valence-electron chi connectivity index (χ4n) is 3.62. The summed E-state index contributed by atoms with van der Waals surface area (Å²) in [5.41, 5.74) is 0. The van der Waals surface area contributed by atoms with Crippen molar-refractivity contribution in [3.05, 3.63) is 0 Å². The Hall–Kier alpha value is -1.10. The van der Waals surface area contributed by atoms with Crippen molar-refractivity contribution in [1.29, 1.82) is 0 Å². The summed E-state index contributed by atoms with van der Waals surface area (Å²) in [5, 5.41) is 2.92. The highest BCUT2D eigenvalue weighted by Gasteiger charge is 2.43. The molecule has 1 saturated heterocycles. The van der Waals surface area contributed by atoms with E-state index in [2.05, 4.69) is 5.32 Å². The normalized spacial score (nSPS) is 27.8. The summed E-state index contributed by atoms with van der Waals surface area (Å²) in [7, 11) is 1.66. The van der Waals surface area contributed by atoms with Crippen molar-refractivity contribution >= 4 is 11.8 Å². The van der Waals surface area contributed by atoms with Crippen LogP contribution in [0.2, 0.25) is 0 Å². The lowest BCUT2D eigenvalue weighted by atomic mass is 9.81. The van der Waals surface area contributed by atoms with Crippen LogP contribution in [-0.2, 0) is 14.3 Å². The molecular weight excluding hydrogens is 268 g/mol. The maximum atomic E-state index is 12.6. The topological polar surface area (TPSA) is 58.6 Å². The molecule has 2 fully saturated rings. The fraction of sp³-hybridized carbons (Fsp3) is 0.875. The number of hydrogen-bond donors (Lipinski definition) is 1. The van der Waals surface area contributed by atoms with E-state index < -0.39 is 0 Å². The first-order valence-corrected chi connectivity index (χ1v) is 8.28. The monoisotopic (exact) mass is 296 g/mol. The summed E-state index contributed by atoms with van der Waals surface area (Å²) in [5.74, 6) is 0.456. The summed E-state index contributed by atoms with van der Waals surface area (Å²) in [4.78, 5) is 27.0. The first-order chi connectivity index (χ1) is 10.2. The molecule has 0 spiro atoms. The van der Waals surface area contributed by atoms with Gasteiger partial charge in [0, 0.05) is 20.3 Å². The highest BCUT2D eigenvalue weighted by atomic mass is 16.5. The van der Waals surface area contributed by atoms with Gasteiger partial charge in [-0.25, -0.2) is 0 Å². The second-order valence-electron chi connectivity index (χ2n) is 6.19. The van der Waals surface area contributed by atoms with Crippen molar-refractivity contribution in [3.63, 3.8) is 0 Å². The third-order valence-electron chi connectivity index (χ3n) is 4.75. The molecule has 120 valence electrons. The molecule has 1 aliphatic heterocycles. The van der Waals surface area contributed by atoms with Gasteiger partial charge in [-0.05, 0) is 31.6 Å². The van der Waals surface area contributed by atoms with Crippen molar-refractivity contribution in [2.24, 2.45) is 5.92 Å². The van der Waals surface area contributed by atoms with Crippen molar-refractivity contribution in [2.75, 3.05) is 20.3 Å². The Balaban J connectivity index is 2.12. The lowest BCUT2D eigenvalue weighted by molar-refractivity contribution is -0.152. The third kappa shape index (κ3) is 3.76. The van der Waals surface area contributed by atoms with Crippen LogP contribution in [0.25, 0.3) is 0 Å². The average Bonchev–Trinajstić information content (AvgIpc) is 2.51. The second kappa shape index (κ2) is 7.78. The number of rotatable bonds is 6. The molecule has 2 aliphatic rings. The number of piperazine rings is 1. The van der Waals surface area contributed by atoms with Gasteiger partial charge in [0.1, 0.15) is 12.1 Å². The molecule has 1 N–H and O–H groups in total. The first kappa shape index (κ1) is 16.3. The number of carbonyl (C=O) groups is 2. The quantitative estimate of drug-likeness (QED) is 0.759. The van der Waals surface area contributed by atoms with Gasteiger partial charge in [-0.15, -0.1) is 0 Å². The Morgan fingerprint density at radius 3 is 2.57 bits per heavy atom. The molecule has 2 unspecified atom stereocenters. The Labute approximate surface area is 127 Å². The summed E-state index contributed by atoms with van der Waals surface area (Å²) in [6.07, 6.45) is 7.15. The van der Waals surface area contributed by atoms with E-state index in [1.807, 2.05) is 11.8 Å². The Morgan fingerprint density at radius 1 is 1.24 bits per heavy atom. The van der Waals surface area contributed by atoms with Crippen LogP contribution in [0.4, 0.5) is 0 Å². The zero-order valence-electron chi connectivity index (χ0n) is 13.3. The zero-order valence-corrected chi connectivity index (χ0v) is 13.3. The summed E-state index contributed by atoms with van der Waals surface area (Å²) in [6.45, 7) is 3.19. The van der Waals surface area contributed by atoms with Crippen LogP contribution in [0.3, 0.4) is 0 Å². The first-order valence-electron chi connectivity index (χ1n) is 8.28. The largest absolute Gasteiger partial charge is 0.385 e. The number of hydrogen-bond acceptors (Lipinski definition) is 3. The Kier molecular flexibility index (Phi) is 6.03. The van der Waals surface area contributed by atoms with E-state index in [0.29, 0.717) is 25.5 Å². The zero-order chi connectivity index (χ0) is 15.2. The van der Waals surface area contributed by atoms with Crippen LogP contribution in [0.5, 0.6) is 0 Å². The number of nitrogens with zero attached hydrogens (tertiary/aromatic N) is 1. The lowest BCUT2D eigenvalue weighted by Gasteiger charge is -2.43. The molecule has 0 aromatic rings. The molecule has 2 atom stereocenters. The molecule has 1 aliphatic carbocycles. The van der Waals surface area contributed by atoms with E-state index in [1.165, 1.54) is 19.3 Å². The molecule has 1 heterocycles. The van der Waals surface area contributed by atoms with Crippen LogP contribution in [-0.4, -0.2) is 49.1 Å². The minimum atomic E-state index is -0.347. The minimum Gasteiger partial charge on any atom is -0.385 e. The van der Waals surface area contributed by atoms with E-state index in [1.54, 1.807) is 7.11 Å². The summed E-state index contributed by atoms with van der Waals surface area (Å²) in [6, 6.07) is -0.614. The number of carbonyl (C=O) groups excluding carboxylic acids is 2. The van der Waals surface area contributed by atoms with Gasteiger partial charge in [-0.2, -0.15) is 0 Å². The number of nitrogens with one attached hydrogen (secondary N) is 1. The number of amides is 2. The second-order valence-corrected chi connectivity index (χ2v) is 6.19. The lowest BCUT2D eigenvalue weighted by Crippen LogP contribution is -2.65. The highest BCUT2D eigenvalue weighted by molar-refractivity contribution is 5.97. The molecular formula is C16H28N2O3. The van der Waals surface area contributed by atoms with E-state index in [9.17, 15) is 9.59 Å². The summed E-state index contributed by atoms with van der Waals surface area (Å²) < 4.78 is 5.09. The fourth-order valence-corrected chi connectivity index (χ4v) is 3.62. The van der Waals surface area contributed by atoms with E-state index in [-0.39, 0.29) is 23.9 Å². The predicted molar refractivity (Wildman–Crippen MR) is 80.8 cm³/mol. The van der Waals surface area contributed by atoms with Crippen molar-refractivity contribution in [1.82, 2.24) is 10.2 Å². The van der Waals surface area contributed by atoms with Crippen molar-refractivity contribution < 1.29 is 14.3 Å². The van der Waals surface area contributed by atoms with E-state index >= 15 is 0 Å². The van der Waals surface area contributed by atoms with Gasteiger partial charge in [0.15, 0.2) is 0 Å². The summed E-state index contributed by atoms with van der Waals surface area (Å²) >= 11 is 0. The standard InChI is InChI=1S/C16H28N2O3/c1-3-13-16(20)18(10-7-11-21-2)14(15(19)17-13)12-8-5-4-6-9-12/h12-14H,3-11H2,1-2H3,(H,17,19). The van der Waals surface area contributed by atoms with Crippen LogP contribution in [0, 0.1) is 5.92 Å². The molecule has 0 radical (unpaired) electrons. The van der Waals surface area contributed by atoms with Crippen LogP contribution in [0.1, 0.15) is 51.9 Å². The van der Waals surface area contributed by atoms with Gasteiger partial charge >= 0.3 is 0 Å². The Morgan fingerprint density at radius 2 is 1.95 bits per heavy atom. The third-order valence-corrected chi connectivity index (χ3v) is 4.75. The average molecular weight is 296 g/mol. The molecule has 2 amide bonds.